The molecule has 2 aromatic heterocycles. The Hall–Kier alpha value is -2.59. The maximum Gasteiger partial charge on any atom is 0.183 e. The number of hydrogen-bond acceptors (Lipinski definition) is 3. The van der Waals surface area contributed by atoms with Gasteiger partial charge in [0.05, 0.1) is 5.69 Å². The van der Waals surface area contributed by atoms with Crippen LogP contribution in [0.3, 0.4) is 0 Å². The molecular formula is C19H17N3S. The maximum atomic E-state index is 4.75. The highest BCUT2D eigenvalue weighted by Crippen LogP contribution is 2.32. The van der Waals surface area contributed by atoms with Gasteiger partial charge in [-0.25, -0.2) is 4.98 Å². The van der Waals surface area contributed by atoms with E-state index in [1.807, 2.05) is 6.07 Å². The molecule has 23 heavy (non-hydrogen) atoms. The third-order valence-electron chi connectivity index (χ3n) is 3.96. The molecule has 4 rings (SSSR count). The van der Waals surface area contributed by atoms with Crippen molar-refractivity contribution in [1.29, 1.82) is 0 Å². The molecule has 1 N–H and O–H groups in total. The van der Waals surface area contributed by atoms with E-state index in [1.54, 1.807) is 11.3 Å². The molecule has 0 atom stereocenters. The van der Waals surface area contributed by atoms with Crippen molar-refractivity contribution < 1.29 is 0 Å². The van der Waals surface area contributed by atoms with Crippen LogP contribution in [0.1, 0.15) is 5.56 Å². The molecule has 0 aliphatic rings. The van der Waals surface area contributed by atoms with Crippen LogP contribution in [-0.2, 0) is 13.6 Å². The molecule has 2 heterocycles. The average molecular weight is 319 g/mol. The van der Waals surface area contributed by atoms with Crippen molar-refractivity contribution in [2.24, 2.45) is 7.05 Å². The van der Waals surface area contributed by atoms with E-state index in [0.29, 0.717) is 0 Å². The van der Waals surface area contributed by atoms with E-state index in [4.69, 9.17) is 4.98 Å². The van der Waals surface area contributed by atoms with E-state index in [0.717, 1.165) is 17.4 Å². The van der Waals surface area contributed by atoms with E-state index < -0.39 is 0 Å². The summed E-state index contributed by atoms with van der Waals surface area (Å²) >= 11 is 1.65. The molecule has 114 valence electrons. The summed E-state index contributed by atoms with van der Waals surface area (Å²) in [7, 11) is 2.08. The van der Waals surface area contributed by atoms with Gasteiger partial charge in [0, 0.05) is 41.6 Å². The van der Waals surface area contributed by atoms with Crippen LogP contribution in [0.15, 0.2) is 66.2 Å². The molecule has 0 saturated heterocycles. The Labute approximate surface area is 139 Å². The Morgan fingerprint density at radius 3 is 2.70 bits per heavy atom. The molecule has 4 aromatic rings. The summed E-state index contributed by atoms with van der Waals surface area (Å²) in [6.07, 6.45) is 2.15. The lowest BCUT2D eigenvalue weighted by atomic mass is 10.1. The van der Waals surface area contributed by atoms with Gasteiger partial charge in [0.15, 0.2) is 5.13 Å². The van der Waals surface area contributed by atoms with Crippen LogP contribution < -0.4 is 5.32 Å². The standard InChI is InChI=1S/C19H17N3S/c1-22-12-16(15-9-5-6-10-18(15)22)17-13-23-19(21-17)20-11-14-7-3-2-4-8-14/h2-10,12-13H,11H2,1H3,(H,20,21). The highest BCUT2D eigenvalue weighted by atomic mass is 32.1. The van der Waals surface area contributed by atoms with Gasteiger partial charge in [0.2, 0.25) is 0 Å². The minimum absolute atomic E-state index is 0.795. The second kappa shape index (κ2) is 5.89. The van der Waals surface area contributed by atoms with Crippen molar-refractivity contribution in [3.63, 3.8) is 0 Å². The molecule has 3 nitrogen and oxygen atoms in total. The largest absolute Gasteiger partial charge is 0.357 e. The van der Waals surface area contributed by atoms with Crippen LogP contribution in [0.4, 0.5) is 5.13 Å². The number of thiazole rings is 1. The van der Waals surface area contributed by atoms with E-state index in [-0.39, 0.29) is 0 Å². The lowest BCUT2D eigenvalue weighted by molar-refractivity contribution is 0.969. The van der Waals surface area contributed by atoms with Crippen LogP contribution in [0.2, 0.25) is 0 Å². The molecular weight excluding hydrogens is 302 g/mol. The summed E-state index contributed by atoms with van der Waals surface area (Å²) in [6, 6.07) is 18.8. The SMILES string of the molecule is Cn1cc(-c2csc(NCc3ccccc3)n2)c2ccccc21. The van der Waals surface area contributed by atoms with Crippen molar-refractivity contribution in [2.75, 3.05) is 5.32 Å². The van der Waals surface area contributed by atoms with E-state index in [1.165, 1.54) is 22.0 Å². The molecule has 0 spiro atoms. The Morgan fingerprint density at radius 2 is 1.83 bits per heavy atom. The van der Waals surface area contributed by atoms with Gasteiger partial charge in [0.25, 0.3) is 0 Å². The fraction of sp³-hybridized carbons (Fsp3) is 0.105. The Morgan fingerprint density at radius 1 is 1.04 bits per heavy atom. The van der Waals surface area contributed by atoms with Crippen molar-refractivity contribution >= 4 is 27.4 Å². The number of fused-ring (bicyclic) bond motifs is 1. The number of benzene rings is 2. The van der Waals surface area contributed by atoms with Crippen LogP contribution in [0, 0.1) is 0 Å². The van der Waals surface area contributed by atoms with Crippen LogP contribution >= 0.6 is 11.3 Å². The number of rotatable bonds is 4. The fourth-order valence-corrected chi connectivity index (χ4v) is 3.51. The molecule has 0 bridgehead atoms. The number of anilines is 1. The second-order valence-corrected chi connectivity index (χ2v) is 6.41. The van der Waals surface area contributed by atoms with Gasteiger partial charge in [-0.1, -0.05) is 48.5 Å². The number of nitrogens with zero attached hydrogens (tertiary/aromatic N) is 2. The minimum atomic E-state index is 0.795. The maximum absolute atomic E-state index is 4.75. The first-order valence-electron chi connectivity index (χ1n) is 7.59. The first-order valence-corrected chi connectivity index (χ1v) is 8.47. The first-order chi connectivity index (χ1) is 11.3. The van der Waals surface area contributed by atoms with E-state index in [2.05, 4.69) is 77.0 Å². The lowest BCUT2D eigenvalue weighted by Crippen LogP contribution is -1.98. The third-order valence-corrected chi connectivity index (χ3v) is 4.76. The molecule has 4 heteroatoms. The number of nitrogens with one attached hydrogen (secondary N) is 1. The van der Waals surface area contributed by atoms with E-state index >= 15 is 0 Å². The zero-order chi connectivity index (χ0) is 15.6. The lowest BCUT2D eigenvalue weighted by Gasteiger charge is -2.02. The molecule has 0 fully saturated rings. The summed E-state index contributed by atoms with van der Waals surface area (Å²) in [5.74, 6) is 0. The molecule has 0 unspecified atom stereocenters. The molecule has 0 aliphatic carbocycles. The monoisotopic (exact) mass is 319 g/mol. The number of aromatic nitrogens is 2. The van der Waals surface area contributed by atoms with Crippen molar-refractivity contribution in [3.8, 4) is 11.3 Å². The van der Waals surface area contributed by atoms with Crippen LogP contribution in [0.25, 0.3) is 22.2 Å². The van der Waals surface area contributed by atoms with Crippen molar-refractivity contribution in [3.05, 3.63) is 71.7 Å². The van der Waals surface area contributed by atoms with Gasteiger partial charge in [-0.2, -0.15) is 0 Å². The molecule has 0 saturated carbocycles. The van der Waals surface area contributed by atoms with Gasteiger partial charge >= 0.3 is 0 Å². The zero-order valence-corrected chi connectivity index (χ0v) is 13.7. The fourth-order valence-electron chi connectivity index (χ4n) is 2.80. The second-order valence-electron chi connectivity index (χ2n) is 5.55. The highest BCUT2D eigenvalue weighted by molar-refractivity contribution is 7.14. The van der Waals surface area contributed by atoms with Crippen molar-refractivity contribution in [1.82, 2.24) is 9.55 Å². The first kappa shape index (κ1) is 14.0. The normalized spacial score (nSPS) is 11.0. The highest BCUT2D eigenvalue weighted by Gasteiger charge is 2.11. The minimum Gasteiger partial charge on any atom is -0.357 e. The summed E-state index contributed by atoms with van der Waals surface area (Å²) in [5.41, 5.74) is 4.71. The Balaban J connectivity index is 1.60. The summed E-state index contributed by atoms with van der Waals surface area (Å²) in [5, 5.41) is 7.73. The van der Waals surface area contributed by atoms with E-state index in [9.17, 15) is 0 Å². The number of hydrogen-bond donors (Lipinski definition) is 1. The molecule has 2 aromatic carbocycles. The molecule has 0 aliphatic heterocycles. The number of aryl methyl sites for hydroxylation is 1. The summed E-state index contributed by atoms with van der Waals surface area (Å²) in [4.78, 5) is 4.75. The third kappa shape index (κ3) is 2.73. The average Bonchev–Trinajstić information content (AvgIpc) is 3.19. The number of para-hydroxylation sites is 1. The summed E-state index contributed by atoms with van der Waals surface area (Å²) in [6.45, 7) is 0.795. The van der Waals surface area contributed by atoms with Gasteiger partial charge in [-0.15, -0.1) is 11.3 Å². The van der Waals surface area contributed by atoms with Gasteiger partial charge in [0.1, 0.15) is 0 Å². The van der Waals surface area contributed by atoms with Gasteiger partial charge in [-0.05, 0) is 11.6 Å². The summed E-state index contributed by atoms with van der Waals surface area (Å²) < 4.78 is 2.15. The van der Waals surface area contributed by atoms with Gasteiger partial charge in [-0.3, -0.25) is 0 Å². The zero-order valence-electron chi connectivity index (χ0n) is 12.9. The quantitative estimate of drug-likeness (QED) is 0.579. The van der Waals surface area contributed by atoms with Crippen LogP contribution in [0.5, 0.6) is 0 Å². The predicted molar refractivity (Wildman–Crippen MR) is 97.8 cm³/mol. The smallest absolute Gasteiger partial charge is 0.183 e. The van der Waals surface area contributed by atoms with Crippen molar-refractivity contribution in [2.45, 2.75) is 6.54 Å². The Kier molecular flexibility index (Phi) is 3.60. The predicted octanol–water partition coefficient (Wildman–Crippen LogP) is 4.91. The Bertz CT molecular complexity index is 938. The molecule has 0 radical (unpaired) electrons. The van der Waals surface area contributed by atoms with Gasteiger partial charge < -0.3 is 9.88 Å². The van der Waals surface area contributed by atoms with Crippen LogP contribution in [-0.4, -0.2) is 9.55 Å². The topological polar surface area (TPSA) is 29.9 Å². The molecule has 0 amide bonds.